The fourth-order valence-corrected chi connectivity index (χ4v) is 1.78. The zero-order valence-electron chi connectivity index (χ0n) is 9.87. The summed E-state index contributed by atoms with van der Waals surface area (Å²) in [6.07, 6.45) is 1.49. The van der Waals surface area contributed by atoms with Crippen LogP contribution in [0.3, 0.4) is 0 Å². The summed E-state index contributed by atoms with van der Waals surface area (Å²) >= 11 is 0. The minimum Gasteiger partial charge on any atom is -0.478 e. The zero-order chi connectivity index (χ0) is 13.3. The van der Waals surface area contributed by atoms with Crippen molar-refractivity contribution in [2.75, 3.05) is 13.2 Å². The summed E-state index contributed by atoms with van der Waals surface area (Å²) < 4.78 is 1.65. The Bertz CT molecular complexity index is 587. The molecular formula is C12H14N2O4. The Morgan fingerprint density at radius 3 is 2.61 bits per heavy atom. The van der Waals surface area contributed by atoms with Crippen LogP contribution in [0.4, 0.5) is 0 Å². The van der Waals surface area contributed by atoms with Gasteiger partial charge in [0, 0.05) is 0 Å². The first-order chi connectivity index (χ1) is 8.51. The van der Waals surface area contributed by atoms with Crippen molar-refractivity contribution >= 4 is 17.0 Å². The Balaban J connectivity index is 2.59. The quantitative estimate of drug-likeness (QED) is 0.731. The molecule has 2 aromatic rings. The normalized spacial score (nSPS) is 11.9. The zero-order valence-corrected chi connectivity index (χ0v) is 9.87. The van der Waals surface area contributed by atoms with Crippen molar-refractivity contribution in [1.82, 2.24) is 9.55 Å². The van der Waals surface area contributed by atoms with E-state index in [-0.39, 0.29) is 18.8 Å². The van der Waals surface area contributed by atoms with Crippen molar-refractivity contribution in [1.29, 1.82) is 0 Å². The van der Waals surface area contributed by atoms with E-state index in [2.05, 4.69) is 4.98 Å². The van der Waals surface area contributed by atoms with E-state index in [0.717, 1.165) is 0 Å². The second-order valence-electron chi connectivity index (χ2n) is 4.44. The fourth-order valence-electron chi connectivity index (χ4n) is 1.78. The molecule has 0 saturated carbocycles. The summed E-state index contributed by atoms with van der Waals surface area (Å²) in [6.45, 7) is 1.21. The van der Waals surface area contributed by atoms with Gasteiger partial charge in [0.2, 0.25) is 0 Å². The number of nitrogens with zero attached hydrogens (tertiary/aromatic N) is 2. The molecule has 0 spiro atoms. The molecule has 1 aromatic heterocycles. The number of rotatable bonds is 4. The van der Waals surface area contributed by atoms with E-state index in [1.807, 2.05) is 0 Å². The van der Waals surface area contributed by atoms with Crippen LogP contribution < -0.4 is 0 Å². The molecule has 1 aromatic carbocycles. The van der Waals surface area contributed by atoms with Gasteiger partial charge in [0.15, 0.2) is 0 Å². The number of carboxylic acids is 1. The highest BCUT2D eigenvalue weighted by Crippen LogP contribution is 2.23. The average Bonchev–Trinajstić information content (AvgIpc) is 2.81. The Morgan fingerprint density at radius 2 is 2.06 bits per heavy atom. The lowest BCUT2D eigenvalue weighted by atomic mass is 10.0. The smallest absolute Gasteiger partial charge is 0.335 e. The highest BCUT2D eigenvalue weighted by molar-refractivity contribution is 5.92. The first-order valence-corrected chi connectivity index (χ1v) is 5.44. The number of carbonyl (C=O) groups is 1. The lowest BCUT2D eigenvalue weighted by Crippen LogP contribution is -2.37. The topological polar surface area (TPSA) is 95.6 Å². The average molecular weight is 250 g/mol. The maximum absolute atomic E-state index is 10.8. The van der Waals surface area contributed by atoms with Crippen LogP contribution in [0.1, 0.15) is 17.3 Å². The molecule has 0 bridgehead atoms. The summed E-state index contributed by atoms with van der Waals surface area (Å²) in [4.78, 5) is 14.9. The maximum Gasteiger partial charge on any atom is 0.335 e. The lowest BCUT2D eigenvalue weighted by molar-refractivity contribution is 0.0696. The van der Waals surface area contributed by atoms with Crippen LogP contribution in [0.2, 0.25) is 0 Å². The summed E-state index contributed by atoms with van der Waals surface area (Å²) in [5.74, 6) is -1.02. The van der Waals surface area contributed by atoms with Crippen LogP contribution in [-0.2, 0) is 5.54 Å². The highest BCUT2D eigenvalue weighted by Gasteiger charge is 2.26. The van der Waals surface area contributed by atoms with Crippen LogP contribution in [0.15, 0.2) is 24.5 Å². The molecule has 0 fully saturated rings. The maximum atomic E-state index is 10.8. The molecule has 2 rings (SSSR count). The number of aliphatic hydroxyl groups excluding tert-OH is 2. The van der Waals surface area contributed by atoms with Crippen LogP contribution in [0.25, 0.3) is 11.0 Å². The van der Waals surface area contributed by atoms with Crippen molar-refractivity contribution in [2.45, 2.75) is 12.5 Å². The predicted octanol–water partition coefficient (Wildman–Crippen LogP) is 0.434. The molecule has 18 heavy (non-hydrogen) atoms. The van der Waals surface area contributed by atoms with Gasteiger partial charge < -0.3 is 19.9 Å². The predicted molar refractivity (Wildman–Crippen MR) is 64.5 cm³/mol. The van der Waals surface area contributed by atoms with Crippen LogP contribution >= 0.6 is 0 Å². The number of aliphatic hydroxyl groups is 2. The van der Waals surface area contributed by atoms with E-state index in [4.69, 9.17) is 5.11 Å². The van der Waals surface area contributed by atoms with Gasteiger partial charge >= 0.3 is 5.97 Å². The van der Waals surface area contributed by atoms with Gasteiger partial charge in [-0.05, 0) is 25.1 Å². The van der Waals surface area contributed by atoms with Gasteiger partial charge in [0.1, 0.15) is 0 Å². The Labute approximate surface area is 103 Å². The Kier molecular flexibility index (Phi) is 3.06. The minimum atomic E-state index is -1.02. The van der Waals surface area contributed by atoms with Gasteiger partial charge in [-0.1, -0.05) is 0 Å². The van der Waals surface area contributed by atoms with Crippen molar-refractivity contribution in [2.24, 2.45) is 0 Å². The molecule has 0 unspecified atom stereocenters. The summed E-state index contributed by atoms with van der Waals surface area (Å²) in [6, 6.07) is 4.55. The number of benzene rings is 1. The fraction of sp³-hybridized carbons (Fsp3) is 0.333. The largest absolute Gasteiger partial charge is 0.478 e. The second kappa shape index (κ2) is 4.40. The third-order valence-corrected chi connectivity index (χ3v) is 3.06. The highest BCUT2D eigenvalue weighted by atomic mass is 16.4. The van der Waals surface area contributed by atoms with Crippen molar-refractivity contribution < 1.29 is 20.1 Å². The molecule has 1 heterocycles. The number of aromatic nitrogens is 2. The molecule has 0 saturated heterocycles. The van der Waals surface area contributed by atoms with Gasteiger partial charge in [-0.3, -0.25) is 0 Å². The monoisotopic (exact) mass is 250 g/mol. The van der Waals surface area contributed by atoms with Gasteiger partial charge in [0.25, 0.3) is 0 Å². The summed E-state index contributed by atoms with van der Waals surface area (Å²) in [5.41, 5.74) is 0.482. The first-order valence-electron chi connectivity index (χ1n) is 5.44. The first kappa shape index (κ1) is 12.5. The van der Waals surface area contributed by atoms with Crippen LogP contribution in [0.5, 0.6) is 0 Å². The third kappa shape index (κ3) is 1.85. The van der Waals surface area contributed by atoms with Crippen molar-refractivity contribution in [3.05, 3.63) is 30.1 Å². The SMILES string of the molecule is CC(CO)(CO)n1cnc2cc(C(=O)O)ccc21. The van der Waals surface area contributed by atoms with E-state index in [0.29, 0.717) is 11.0 Å². The molecule has 0 aliphatic carbocycles. The lowest BCUT2D eigenvalue weighted by Gasteiger charge is -2.27. The summed E-state index contributed by atoms with van der Waals surface area (Å²) in [7, 11) is 0. The molecule has 0 aliphatic heterocycles. The summed E-state index contributed by atoms with van der Waals surface area (Å²) in [5, 5.41) is 27.6. The van der Waals surface area contributed by atoms with E-state index in [9.17, 15) is 15.0 Å². The van der Waals surface area contributed by atoms with Gasteiger partial charge in [0.05, 0.1) is 41.7 Å². The van der Waals surface area contributed by atoms with E-state index < -0.39 is 11.5 Å². The number of hydrogen-bond acceptors (Lipinski definition) is 4. The molecule has 96 valence electrons. The molecule has 3 N–H and O–H groups in total. The van der Waals surface area contributed by atoms with Crippen LogP contribution in [-0.4, -0.2) is 44.1 Å². The van der Waals surface area contributed by atoms with E-state index in [1.165, 1.54) is 18.5 Å². The molecule has 0 atom stereocenters. The number of hydrogen-bond donors (Lipinski definition) is 3. The van der Waals surface area contributed by atoms with E-state index in [1.54, 1.807) is 17.6 Å². The molecule has 0 radical (unpaired) electrons. The molecule has 0 aliphatic rings. The van der Waals surface area contributed by atoms with Gasteiger partial charge in [-0.25, -0.2) is 9.78 Å². The van der Waals surface area contributed by atoms with Gasteiger partial charge in [-0.2, -0.15) is 0 Å². The number of aromatic carboxylic acids is 1. The molecule has 0 amide bonds. The standard InChI is InChI=1S/C12H14N2O4/c1-12(5-15,6-16)14-7-13-9-4-8(11(17)18)2-3-10(9)14/h2-4,7,15-16H,5-6H2,1H3,(H,17,18). The molecular weight excluding hydrogens is 236 g/mol. The van der Waals surface area contributed by atoms with E-state index >= 15 is 0 Å². The van der Waals surface area contributed by atoms with Gasteiger partial charge in [-0.15, -0.1) is 0 Å². The van der Waals surface area contributed by atoms with Crippen molar-refractivity contribution in [3.8, 4) is 0 Å². The number of carboxylic acid groups (broad SMARTS) is 1. The Morgan fingerprint density at radius 1 is 1.39 bits per heavy atom. The Hall–Kier alpha value is -1.92. The second-order valence-corrected chi connectivity index (χ2v) is 4.44. The van der Waals surface area contributed by atoms with Crippen LogP contribution in [0, 0.1) is 0 Å². The van der Waals surface area contributed by atoms with Crippen molar-refractivity contribution in [3.63, 3.8) is 0 Å². The number of imidazole rings is 1. The number of fused-ring (bicyclic) bond motifs is 1. The molecule has 6 nitrogen and oxygen atoms in total. The molecule has 6 heteroatoms. The third-order valence-electron chi connectivity index (χ3n) is 3.06. The minimum absolute atomic E-state index is 0.155.